The molecule has 0 saturated carbocycles. The minimum Gasteiger partial charge on any atom is -0.381 e. The van der Waals surface area contributed by atoms with E-state index in [0.717, 1.165) is 62.9 Å². The number of rotatable bonds is 3. The molecule has 0 aliphatic carbocycles. The number of hydrogen-bond donors (Lipinski definition) is 2. The molecule has 0 aromatic heterocycles. The van der Waals surface area contributed by atoms with Gasteiger partial charge in [0.05, 0.1) is 5.56 Å². The van der Waals surface area contributed by atoms with Crippen molar-refractivity contribution in [1.29, 1.82) is 0 Å². The fourth-order valence-corrected chi connectivity index (χ4v) is 5.20. The Morgan fingerprint density at radius 3 is 2.86 bits per heavy atom. The van der Waals surface area contributed by atoms with Gasteiger partial charge < -0.3 is 15.5 Å². The molecule has 7 heteroatoms. The van der Waals surface area contributed by atoms with Crippen molar-refractivity contribution in [2.24, 2.45) is 5.92 Å². The van der Waals surface area contributed by atoms with E-state index in [1.54, 1.807) is 0 Å². The van der Waals surface area contributed by atoms with E-state index in [9.17, 15) is 17.6 Å². The van der Waals surface area contributed by atoms with Gasteiger partial charge in [0.15, 0.2) is 0 Å². The Kier molecular flexibility index (Phi) is 4.46. The van der Waals surface area contributed by atoms with Gasteiger partial charge in [-0.15, -0.1) is 0 Å². The number of hydrogen-bond acceptors (Lipinski definition) is 3. The third kappa shape index (κ3) is 3.25. The van der Waals surface area contributed by atoms with Crippen LogP contribution in [0.4, 0.5) is 28.9 Å². The fourth-order valence-electron chi connectivity index (χ4n) is 5.20. The summed E-state index contributed by atoms with van der Waals surface area (Å²) in [5, 5.41) is 6.56. The van der Waals surface area contributed by atoms with Gasteiger partial charge in [0, 0.05) is 55.6 Å². The normalized spacial score (nSPS) is 23.0. The lowest BCUT2D eigenvalue weighted by molar-refractivity contribution is -0.138. The van der Waals surface area contributed by atoms with Gasteiger partial charge in [-0.1, -0.05) is 6.07 Å². The summed E-state index contributed by atoms with van der Waals surface area (Å²) in [6.07, 6.45) is -2.54. The van der Waals surface area contributed by atoms with Crippen LogP contribution in [-0.4, -0.2) is 26.2 Å². The molecule has 154 valence electrons. The molecule has 2 aromatic rings. The van der Waals surface area contributed by atoms with E-state index in [0.29, 0.717) is 11.8 Å². The third-order valence-electron chi connectivity index (χ3n) is 6.50. The quantitative estimate of drug-likeness (QED) is 0.735. The van der Waals surface area contributed by atoms with E-state index in [1.807, 2.05) is 6.07 Å². The van der Waals surface area contributed by atoms with Crippen LogP contribution in [0.15, 0.2) is 30.3 Å². The molecule has 3 aliphatic rings. The van der Waals surface area contributed by atoms with Gasteiger partial charge in [0.2, 0.25) is 0 Å². The van der Waals surface area contributed by atoms with E-state index in [1.165, 1.54) is 16.8 Å². The smallest absolute Gasteiger partial charge is 0.381 e. The minimum absolute atomic E-state index is 0.199. The van der Waals surface area contributed by atoms with Crippen LogP contribution < -0.4 is 15.5 Å². The van der Waals surface area contributed by atoms with Crippen LogP contribution in [0.5, 0.6) is 0 Å². The predicted molar refractivity (Wildman–Crippen MR) is 105 cm³/mol. The standard InChI is InChI=1S/C22H23F4N3/c23-20-5-1-4-19(22(24,25)26)18(20)11-28-15-7-13-3-2-6-29-12-14-9-27-10-17(14)16(8-15)21(13)29/h1,4-5,7-8,14,17,27-28H,2-3,6,9-12H2. The summed E-state index contributed by atoms with van der Waals surface area (Å²) in [5.41, 5.74) is 3.34. The molecule has 0 bridgehead atoms. The summed E-state index contributed by atoms with van der Waals surface area (Å²) < 4.78 is 54.0. The summed E-state index contributed by atoms with van der Waals surface area (Å²) in [6.45, 7) is 3.85. The Balaban J connectivity index is 1.48. The lowest BCUT2D eigenvalue weighted by Gasteiger charge is -2.42. The molecule has 2 N–H and O–H groups in total. The van der Waals surface area contributed by atoms with Gasteiger partial charge >= 0.3 is 6.18 Å². The maximum Gasteiger partial charge on any atom is 0.416 e. The van der Waals surface area contributed by atoms with Crippen LogP contribution in [-0.2, 0) is 19.1 Å². The number of nitrogens with one attached hydrogen (secondary N) is 2. The van der Waals surface area contributed by atoms with E-state index in [2.05, 4.69) is 21.6 Å². The molecule has 5 rings (SSSR count). The highest BCUT2D eigenvalue weighted by molar-refractivity contribution is 5.70. The predicted octanol–water partition coefficient (Wildman–Crippen LogP) is 4.53. The average molecular weight is 405 g/mol. The maximum absolute atomic E-state index is 14.2. The molecule has 0 spiro atoms. The fraction of sp³-hybridized carbons (Fsp3) is 0.455. The maximum atomic E-state index is 14.2. The SMILES string of the molecule is Fc1cccc(C(F)(F)F)c1CNc1cc2c3c(c1)C1CNCC1CN3CCC2. The highest BCUT2D eigenvalue weighted by Gasteiger charge is 2.39. The molecule has 1 saturated heterocycles. The van der Waals surface area contributed by atoms with Crippen molar-refractivity contribution in [3.8, 4) is 0 Å². The number of aryl methyl sites for hydroxylation is 1. The molecule has 2 unspecified atom stereocenters. The van der Waals surface area contributed by atoms with Gasteiger partial charge in [0.25, 0.3) is 0 Å². The van der Waals surface area contributed by atoms with Crippen molar-refractivity contribution in [1.82, 2.24) is 5.32 Å². The molecule has 29 heavy (non-hydrogen) atoms. The lowest BCUT2D eigenvalue weighted by Crippen LogP contribution is -2.41. The van der Waals surface area contributed by atoms with Crippen LogP contribution in [0.2, 0.25) is 0 Å². The van der Waals surface area contributed by atoms with Crippen molar-refractivity contribution in [2.75, 3.05) is 36.4 Å². The highest BCUT2D eigenvalue weighted by Crippen LogP contribution is 2.46. The molecule has 3 heterocycles. The van der Waals surface area contributed by atoms with Crippen molar-refractivity contribution in [2.45, 2.75) is 31.5 Å². The topological polar surface area (TPSA) is 27.3 Å². The number of fused-ring (bicyclic) bond motifs is 2. The van der Waals surface area contributed by atoms with Gasteiger partial charge in [-0.2, -0.15) is 13.2 Å². The monoisotopic (exact) mass is 405 g/mol. The van der Waals surface area contributed by atoms with Crippen LogP contribution in [0.25, 0.3) is 0 Å². The van der Waals surface area contributed by atoms with E-state index < -0.39 is 17.6 Å². The molecule has 0 radical (unpaired) electrons. The molecule has 3 nitrogen and oxygen atoms in total. The van der Waals surface area contributed by atoms with Crippen molar-refractivity contribution >= 4 is 11.4 Å². The molecular formula is C22H23F4N3. The molecule has 3 aliphatic heterocycles. The largest absolute Gasteiger partial charge is 0.416 e. The minimum atomic E-state index is -4.58. The highest BCUT2D eigenvalue weighted by atomic mass is 19.4. The molecule has 0 amide bonds. The second-order valence-corrected chi connectivity index (χ2v) is 8.26. The lowest BCUT2D eigenvalue weighted by atomic mass is 9.80. The van der Waals surface area contributed by atoms with Crippen LogP contribution >= 0.6 is 0 Å². The Morgan fingerprint density at radius 1 is 1.17 bits per heavy atom. The van der Waals surface area contributed by atoms with Crippen LogP contribution in [0.3, 0.4) is 0 Å². The first kappa shape index (κ1) is 18.7. The Bertz CT molecular complexity index is 940. The van der Waals surface area contributed by atoms with E-state index in [4.69, 9.17) is 0 Å². The third-order valence-corrected chi connectivity index (χ3v) is 6.50. The molecular weight excluding hydrogens is 382 g/mol. The molecule has 1 fully saturated rings. The first-order valence-electron chi connectivity index (χ1n) is 10.1. The molecule has 2 atom stereocenters. The average Bonchev–Trinajstić information content (AvgIpc) is 3.15. The van der Waals surface area contributed by atoms with Gasteiger partial charge in [0.1, 0.15) is 5.82 Å². The van der Waals surface area contributed by atoms with Gasteiger partial charge in [-0.3, -0.25) is 0 Å². The first-order chi connectivity index (χ1) is 13.9. The zero-order chi connectivity index (χ0) is 20.2. The van der Waals surface area contributed by atoms with Gasteiger partial charge in [-0.25, -0.2) is 4.39 Å². The number of nitrogens with zero attached hydrogens (tertiary/aromatic N) is 1. The van der Waals surface area contributed by atoms with Crippen molar-refractivity contribution in [3.05, 3.63) is 58.4 Å². The number of halogens is 4. The van der Waals surface area contributed by atoms with Crippen LogP contribution in [0, 0.1) is 11.7 Å². The van der Waals surface area contributed by atoms with E-state index >= 15 is 0 Å². The summed E-state index contributed by atoms with van der Waals surface area (Å²) in [7, 11) is 0. The summed E-state index contributed by atoms with van der Waals surface area (Å²) in [5.74, 6) is 0.156. The Hall–Kier alpha value is -2.28. The second-order valence-electron chi connectivity index (χ2n) is 8.26. The zero-order valence-corrected chi connectivity index (χ0v) is 16.0. The van der Waals surface area contributed by atoms with Gasteiger partial charge in [-0.05, 0) is 54.2 Å². The number of anilines is 2. The number of benzene rings is 2. The summed E-state index contributed by atoms with van der Waals surface area (Å²) in [4.78, 5) is 2.46. The first-order valence-corrected chi connectivity index (χ1v) is 10.1. The summed E-state index contributed by atoms with van der Waals surface area (Å²) in [6, 6.07) is 7.21. The van der Waals surface area contributed by atoms with Crippen LogP contribution in [0.1, 0.15) is 34.6 Å². The molecule has 2 aromatic carbocycles. The zero-order valence-electron chi connectivity index (χ0n) is 16.0. The second kappa shape index (κ2) is 6.90. The van der Waals surface area contributed by atoms with E-state index in [-0.39, 0.29) is 12.1 Å². The Labute approximate surface area is 167 Å². The number of alkyl halides is 3. The van der Waals surface area contributed by atoms with Crippen molar-refractivity contribution in [3.63, 3.8) is 0 Å². The van der Waals surface area contributed by atoms with Crippen molar-refractivity contribution < 1.29 is 17.6 Å². The summed E-state index contributed by atoms with van der Waals surface area (Å²) >= 11 is 0. The Morgan fingerprint density at radius 2 is 2.03 bits per heavy atom.